The van der Waals surface area contributed by atoms with Crippen LogP contribution in [0.2, 0.25) is 0 Å². The average molecular weight is 620 g/mol. The molecule has 4 rings (SSSR count). The van der Waals surface area contributed by atoms with E-state index < -0.39 is 35.5 Å². The predicted octanol–water partition coefficient (Wildman–Crippen LogP) is 6.32. The van der Waals surface area contributed by atoms with Crippen LogP contribution in [0.25, 0.3) is 0 Å². The van der Waals surface area contributed by atoms with Crippen molar-refractivity contribution in [2.75, 3.05) is 13.2 Å². The van der Waals surface area contributed by atoms with Gasteiger partial charge in [0, 0.05) is 6.07 Å². The van der Waals surface area contributed by atoms with E-state index in [1.807, 2.05) is 60.7 Å². The van der Waals surface area contributed by atoms with Crippen molar-refractivity contribution in [1.29, 1.82) is 0 Å². The van der Waals surface area contributed by atoms with Crippen molar-refractivity contribution < 1.29 is 33.4 Å². The Morgan fingerprint density at radius 3 is 2.53 bits per heavy atom. The van der Waals surface area contributed by atoms with Crippen molar-refractivity contribution in [3.63, 3.8) is 0 Å². The number of aliphatic hydroxyl groups excluding tert-OH is 1. The molecule has 2 aromatic carbocycles. The zero-order valence-electron chi connectivity index (χ0n) is 26.7. The zero-order chi connectivity index (χ0) is 32.5. The largest absolute Gasteiger partial charge is 0.490 e. The molecule has 10 heteroatoms. The number of amides is 2. The van der Waals surface area contributed by atoms with Gasteiger partial charge in [0.25, 0.3) is 0 Å². The van der Waals surface area contributed by atoms with Gasteiger partial charge >= 0.3 is 12.2 Å². The van der Waals surface area contributed by atoms with E-state index >= 15 is 0 Å². The van der Waals surface area contributed by atoms with E-state index in [1.54, 1.807) is 26.8 Å². The average Bonchev–Trinajstić information content (AvgIpc) is 3.67. The maximum atomic E-state index is 13.8. The molecule has 2 amide bonds. The van der Waals surface area contributed by atoms with Gasteiger partial charge in [0.1, 0.15) is 30.1 Å². The first-order valence-electron chi connectivity index (χ1n) is 15.5. The summed E-state index contributed by atoms with van der Waals surface area (Å²) in [5.74, 6) is 1.19. The molecule has 1 aliphatic rings. The fourth-order valence-electron chi connectivity index (χ4n) is 5.12. The Kier molecular flexibility index (Phi) is 11.3. The van der Waals surface area contributed by atoms with Crippen LogP contribution in [0.5, 0.6) is 5.75 Å². The van der Waals surface area contributed by atoms with Gasteiger partial charge in [0.15, 0.2) is 5.76 Å². The molecule has 1 aromatic heterocycles. The topological polar surface area (TPSA) is 123 Å². The molecule has 0 bridgehead atoms. The van der Waals surface area contributed by atoms with Gasteiger partial charge in [-0.1, -0.05) is 73.6 Å². The number of alkyl carbamates (subject to hydrolysis) is 1. The predicted molar refractivity (Wildman–Crippen MR) is 170 cm³/mol. The van der Waals surface area contributed by atoms with E-state index in [-0.39, 0.29) is 19.6 Å². The van der Waals surface area contributed by atoms with Gasteiger partial charge in [-0.25, -0.2) is 9.59 Å². The summed E-state index contributed by atoms with van der Waals surface area (Å²) >= 11 is 0. The third-order valence-corrected chi connectivity index (χ3v) is 7.45. The summed E-state index contributed by atoms with van der Waals surface area (Å²) in [4.78, 5) is 28.2. The molecule has 1 heterocycles. The summed E-state index contributed by atoms with van der Waals surface area (Å²) in [7, 11) is 0. The number of carbonyl (C=O) groups excluding carboxylic acids is 2. The molecule has 242 valence electrons. The van der Waals surface area contributed by atoms with Crippen LogP contribution >= 0.6 is 0 Å². The molecule has 3 aromatic rings. The van der Waals surface area contributed by atoms with Crippen LogP contribution in [-0.4, -0.2) is 58.2 Å². The first-order valence-corrected chi connectivity index (χ1v) is 15.5. The molecular formula is C35H45N3O7. The van der Waals surface area contributed by atoms with Crippen LogP contribution in [0.15, 0.2) is 77.8 Å². The Balaban J connectivity index is 1.60. The van der Waals surface area contributed by atoms with Crippen molar-refractivity contribution in [2.24, 2.45) is 0 Å². The first kappa shape index (κ1) is 33.6. The normalized spacial score (nSPS) is 15.0. The summed E-state index contributed by atoms with van der Waals surface area (Å²) < 4.78 is 22.7. The molecule has 0 spiro atoms. The second-order valence-electron chi connectivity index (χ2n) is 12.4. The summed E-state index contributed by atoms with van der Waals surface area (Å²) in [5.41, 5.74) is 0.897. The van der Waals surface area contributed by atoms with Crippen molar-refractivity contribution in [3.05, 3.63) is 95.9 Å². The Bertz CT molecular complexity index is 1410. The lowest BCUT2D eigenvalue weighted by atomic mass is 9.99. The highest BCUT2D eigenvalue weighted by atomic mass is 16.6. The van der Waals surface area contributed by atoms with Crippen LogP contribution < -0.4 is 10.1 Å². The minimum atomic E-state index is -1.20. The van der Waals surface area contributed by atoms with E-state index in [0.717, 1.165) is 29.7 Å². The molecule has 2 unspecified atom stereocenters. The minimum Gasteiger partial charge on any atom is -0.490 e. The van der Waals surface area contributed by atoms with Crippen LogP contribution in [0.4, 0.5) is 9.59 Å². The number of nitrogens with one attached hydrogen (secondary N) is 1. The number of nitrogens with zero attached hydrogens (tertiary/aromatic N) is 2. The van der Waals surface area contributed by atoms with Gasteiger partial charge in [0.05, 0.1) is 24.4 Å². The van der Waals surface area contributed by atoms with Gasteiger partial charge in [0.2, 0.25) is 0 Å². The van der Waals surface area contributed by atoms with Crippen LogP contribution in [0.3, 0.4) is 0 Å². The highest BCUT2D eigenvalue weighted by molar-refractivity contribution is 5.70. The molecule has 1 aliphatic carbocycles. The molecule has 1 fully saturated rings. The molecule has 0 radical (unpaired) electrons. The van der Waals surface area contributed by atoms with Gasteiger partial charge in [-0.2, -0.15) is 0 Å². The Hall–Kier alpha value is -4.31. The summed E-state index contributed by atoms with van der Waals surface area (Å²) in [6, 6.07) is 17.9. The second-order valence-corrected chi connectivity index (χ2v) is 12.4. The number of hydrogen-bond donors (Lipinski definition) is 2. The Morgan fingerprint density at radius 1 is 1.13 bits per heavy atom. The molecular weight excluding hydrogens is 574 g/mol. The number of rotatable bonds is 15. The fraction of sp³-hybridized carbons (Fsp3) is 0.457. The number of aliphatic hydroxyl groups is 1. The number of benzene rings is 2. The van der Waals surface area contributed by atoms with Crippen molar-refractivity contribution >= 4 is 12.2 Å². The number of aryl methyl sites for hydroxylation is 1. The van der Waals surface area contributed by atoms with Gasteiger partial charge in [-0.15, -0.1) is 0 Å². The minimum absolute atomic E-state index is 0.0664. The third-order valence-electron chi connectivity index (χ3n) is 7.45. The van der Waals surface area contributed by atoms with Gasteiger partial charge in [-0.3, -0.25) is 4.90 Å². The second kappa shape index (κ2) is 15.1. The molecule has 45 heavy (non-hydrogen) atoms. The smallest absolute Gasteiger partial charge is 0.411 e. The highest BCUT2D eigenvalue weighted by Gasteiger charge is 2.56. The molecule has 2 atom stereocenters. The molecule has 1 saturated carbocycles. The Labute approximate surface area is 265 Å². The number of carbonyl (C=O) groups is 2. The number of aromatic nitrogens is 1. The van der Waals surface area contributed by atoms with Crippen molar-refractivity contribution in [2.45, 2.75) is 89.7 Å². The van der Waals surface area contributed by atoms with Crippen molar-refractivity contribution in [3.8, 4) is 5.75 Å². The molecule has 10 nitrogen and oxygen atoms in total. The van der Waals surface area contributed by atoms with Crippen molar-refractivity contribution in [1.82, 2.24) is 15.4 Å². The van der Waals surface area contributed by atoms with E-state index in [1.165, 1.54) is 4.90 Å². The van der Waals surface area contributed by atoms with Crippen LogP contribution in [0, 0.1) is 0 Å². The summed E-state index contributed by atoms with van der Waals surface area (Å²) in [6.07, 6.45) is 2.31. The lowest BCUT2D eigenvalue weighted by Gasteiger charge is -2.34. The maximum Gasteiger partial charge on any atom is 0.411 e. The van der Waals surface area contributed by atoms with E-state index in [4.69, 9.17) is 18.7 Å². The fourth-order valence-corrected chi connectivity index (χ4v) is 5.12. The Morgan fingerprint density at radius 2 is 1.87 bits per heavy atom. The van der Waals surface area contributed by atoms with E-state index in [0.29, 0.717) is 31.0 Å². The maximum absolute atomic E-state index is 13.8. The lowest BCUT2D eigenvalue weighted by Crippen LogP contribution is -2.53. The van der Waals surface area contributed by atoms with E-state index in [9.17, 15) is 14.7 Å². The van der Waals surface area contributed by atoms with E-state index in [2.05, 4.69) is 24.0 Å². The van der Waals surface area contributed by atoms with Crippen LogP contribution in [-0.2, 0) is 34.5 Å². The quantitative estimate of drug-likeness (QED) is 0.190. The molecule has 0 saturated heterocycles. The first-order chi connectivity index (χ1) is 21.5. The number of hydrogen-bond acceptors (Lipinski definition) is 8. The standard InChI is InChI=1S/C35H45N3O7/c1-6-12-27-22-31(45-37-27)35(17-18-35)38(33(41)43-24-25-13-9-8-10-14-25)23-30(39)29(36-32(40)44-34(3,4)5)21-26-15-11-16-28(20-26)42-19-7-2/h7-11,13-16,20,22,29-30,39H,2,6,12,17-19,21,23-24H2,1,3-5H3,(H,36,40). The summed E-state index contributed by atoms with van der Waals surface area (Å²) in [5, 5.41) is 18.8. The van der Waals surface area contributed by atoms with Crippen LogP contribution in [0.1, 0.15) is 69.5 Å². The molecule has 2 N–H and O–H groups in total. The zero-order valence-corrected chi connectivity index (χ0v) is 26.7. The lowest BCUT2D eigenvalue weighted by molar-refractivity contribution is 0.0193. The summed E-state index contributed by atoms with van der Waals surface area (Å²) in [6.45, 7) is 11.3. The van der Waals surface area contributed by atoms with Gasteiger partial charge in [-0.05, 0) is 69.7 Å². The monoisotopic (exact) mass is 619 g/mol. The SMILES string of the molecule is C=CCOc1cccc(CC(NC(=O)OC(C)(C)C)C(O)CN(C(=O)OCc2ccccc2)C2(c3cc(CCC)no3)CC2)c1. The van der Waals surface area contributed by atoms with Gasteiger partial charge < -0.3 is 29.2 Å². The third kappa shape index (κ3) is 9.59. The number of ether oxygens (including phenoxy) is 3. The highest BCUT2D eigenvalue weighted by Crippen LogP contribution is 2.51. The molecule has 0 aliphatic heterocycles.